The number of pyridine rings is 1. The predicted molar refractivity (Wildman–Crippen MR) is 155 cm³/mol. The van der Waals surface area contributed by atoms with E-state index in [-0.39, 0.29) is 22.6 Å². The largest absolute Gasteiger partial charge is 0.397 e. The molecule has 0 amide bonds. The fourth-order valence-corrected chi connectivity index (χ4v) is 7.34. The van der Waals surface area contributed by atoms with Gasteiger partial charge in [-0.2, -0.15) is 0 Å². The van der Waals surface area contributed by atoms with Crippen molar-refractivity contribution >= 4 is 67.4 Å². The SMILES string of the molecule is [BH3-]P1(=O)OC[C@H]2O[C@@H](n3cnc4c(N)ccnc43)[C@H](OP(O)(=S)OC[C@H]3O[C@@H](n4cnc5c(N)ncnc54)[C@H](F)[C@@H]3O1)C2F. The zero-order chi connectivity index (χ0) is 31.0. The number of aromatic nitrogens is 7. The van der Waals surface area contributed by atoms with Crippen LogP contribution in [0.1, 0.15) is 12.5 Å². The average molecular weight is 674 g/mol. The molecule has 3 fully saturated rings. The topological polar surface area (TPSA) is 219 Å². The molecule has 0 saturated carbocycles. The maximum atomic E-state index is 16.0. The van der Waals surface area contributed by atoms with Crippen molar-refractivity contribution in [1.82, 2.24) is 34.1 Å². The number of nitrogen functional groups attached to an aromatic ring is 2. The molecule has 7 heterocycles. The third-order valence-electron chi connectivity index (χ3n) is 7.17. The highest BCUT2D eigenvalue weighted by molar-refractivity contribution is 8.07. The smallest absolute Gasteiger partial charge is 0.325 e. The summed E-state index contributed by atoms with van der Waals surface area (Å²) in [7, 11) is -5.10. The summed E-state index contributed by atoms with van der Waals surface area (Å²) in [5.41, 5.74) is 13.2. The molecule has 5 N–H and O–H groups in total. The fraction of sp³-hybridized carbons (Fsp3) is 0.476. The van der Waals surface area contributed by atoms with E-state index in [1.165, 1.54) is 34.3 Å². The van der Waals surface area contributed by atoms with Crippen molar-refractivity contribution < 1.29 is 45.8 Å². The number of nitrogens with two attached hydrogens (primary N) is 2. The van der Waals surface area contributed by atoms with E-state index in [2.05, 4.69) is 24.9 Å². The first kappa shape index (κ1) is 30.0. The van der Waals surface area contributed by atoms with E-state index in [1.807, 2.05) is 0 Å². The van der Waals surface area contributed by atoms with Crippen LogP contribution in [0.2, 0.25) is 0 Å². The summed E-state index contributed by atoms with van der Waals surface area (Å²) in [6.45, 7) is -5.34. The molecule has 3 aliphatic heterocycles. The van der Waals surface area contributed by atoms with Crippen LogP contribution in [0.4, 0.5) is 20.3 Å². The highest BCUT2D eigenvalue weighted by Crippen LogP contribution is 2.54. The monoisotopic (exact) mass is 674 g/mol. The molecule has 0 radical (unpaired) electrons. The van der Waals surface area contributed by atoms with E-state index in [0.29, 0.717) is 11.2 Å². The second kappa shape index (κ2) is 11.0. The number of anilines is 2. The molecule has 3 aliphatic rings. The fourth-order valence-electron chi connectivity index (χ4n) is 5.16. The van der Waals surface area contributed by atoms with Crippen LogP contribution in [0.3, 0.4) is 0 Å². The van der Waals surface area contributed by atoms with Gasteiger partial charge < -0.3 is 44.0 Å². The first-order valence-electron chi connectivity index (χ1n) is 12.6. The van der Waals surface area contributed by atoms with Crippen LogP contribution < -0.4 is 11.5 Å². The van der Waals surface area contributed by atoms with Crippen LogP contribution in [0, 0.1) is 0 Å². The Hall–Kier alpha value is -2.71. The molecule has 236 valence electrons. The molecular weight excluding hydrogens is 649 g/mol. The number of rotatable bonds is 2. The van der Waals surface area contributed by atoms with Crippen LogP contribution in [-0.4, -0.2) is 96.5 Å². The molecule has 0 aliphatic carbocycles. The maximum Gasteiger partial charge on any atom is 0.325 e. The van der Waals surface area contributed by atoms with Crippen molar-refractivity contribution in [2.45, 2.75) is 49.2 Å². The van der Waals surface area contributed by atoms with E-state index in [9.17, 15) is 9.46 Å². The lowest BCUT2D eigenvalue weighted by molar-refractivity contribution is -0.0586. The predicted octanol–water partition coefficient (Wildman–Crippen LogP) is 0.414. The number of hydrogen-bond acceptors (Lipinski definition) is 15. The van der Waals surface area contributed by atoms with Crippen LogP contribution >= 0.6 is 14.2 Å². The Morgan fingerprint density at radius 1 is 0.909 bits per heavy atom. The van der Waals surface area contributed by atoms with Gasteiger partial charge in [-0.3, -0.25) is 13.7 Å². The van der Waals surface area contributed by atoms with Gasteiger partial charge in [-0.05, 0) is 17.9 Å². The molecule has 7 rings (SSSR count). The summed E-state index contributed by atoms with van der Waals surface area (Å²) in [5, 5.41) is 0. The third-order valence-corrected chi connectivity index (χ3v) is 9.50. The molecule has 17 nitrogen and oxygen atoms in total. The van der Waals surface area contributed by atoms with Gasteiger partial charge in [-0.15, -0.1) is 0 Å². The Bertz CT molecular complexity index is 1840. The van der Waals surface area contributed by atoms with Crippen molar-refractivity contribution in [2.24, 2.45) is 0 Å². The summed E-state index contributed by atoms with van der Waals surface area (Å²) in [4.78, 5) is 31.7. The first-order chi connectivity index (χ1) is 20.9. The second-order valence-electron chi connectivity index (χ2n) is 9.75. The molecule has 0 spiro atoms. The zero-order valence-corrected chi connectivity index (χ0v) is 24.2. The second-order valence-corrected chi connectivity index (χ2v) is 13.5. The number of ether oxygens (including phenoxy) is 2. The van der Waals surface area contributed by atoms with Gasteiger partial charge in [0.05, 0.1) is 39.1 Å². The van der Waals surface area contributed by atoms with Gasteiger partial charge in [0, 0.05) is 6.20 Å². The van der Waals surface area contributed by atoms with Gasteiger partial charge in [-0.1, -0.05) is 0 Å². The van der Waals surface area contributed by atoms with Gasteiger partial charge in [0.25, 0.3) is 0 Å². The maximum absolute atomic E-state index is 16.0. The van der Waals surface area contributed by atoms with Crippen LogP contribution in [0.5, 0.6) is 0 Å². The Morgan fingerprint density at radius 3 is 2.39 bits per heavy atom. The summed E-state index contributed by atoms with van der Waals surface area (Å²) < 4.78 is 82.6. The van der Waals surface area contributed by atoms with Crippen LogP contribution in [-0.2, 0) is 43.9 Å². The molecule has 0 aromatic carbocycles. The third kappa shape index (κ3) is 5.20. The minimum absolute atomic E-state index is 0.0777. The van der Waals surface area contributed by atoms with Gasteiger partial charge in [0.15, 0.2) is 41.9 Å². The summed E-state index contributed by atoms with van der Waals surface area (Å²) in [6, 6.07) is 1.55. The van der Waals surface area contributed by atoms with Gasteiger partial charge in [0.1, 0.15) is 49.3 Å². The lowest BCUT2D eigenvalue weighted by atomic mass is 10.1. The van der Waals surface area contributed by atoms with Crippen molar-refractivity contribution in [3.05, 3.63) is 31.2 Å². The molecule has 10 atom stereocenters. The molecule has 4 aromatic heterocycles. The number of hydrogen-bond donors (Lipinski definition) is 3. The minimum Gasteiger partial charge on any atom is -0.397 e. The Labute approximate surface area is 252 Å². The highest BCUT2D eigenvalue weighted by Gasteiger charge is 2.53. The van der Waals surface area contributed by atoms with Gasteiger partial charge in [-0.25, -0.2) is 33.7 Å². The minimum atomic E-state index is -4.25. The summed E-state index contributed by atoms with van der Waals surface area (Å²) in [6.07, 6.45) is -6.88. The van der Waals surface area contributed by atoms with Crippen molar-refractivity contribution in [1.29, 1.82) is 0 Å². The number of fused-ring (bicyclic) bond motifs is 5. The molecule has 3 unspecified atom stereocenters. The lowest BCUT2D eigenvalue weighted by Gasteiger charge is -2.29. The first-order valence-corrected chi connectivity index (χ1v) is 16.3. The number of alkyl halides is 2. The quantitative estimate of drug-likeness (QED) is 0.194. The van der Waals surface area contributed by atoms with Crippen LogP contribution in [0.15, 0.2) is 31.2 Å². The van der Waals surface area contributed by atoms with E-state index in [0.717, 1.165) is 0 Å². The molecule has 23 heteroatoms. The standard InChI is InChI=1S/C21H25BF2N9O8P2S/c22-42(34)36-3-9-11(23)16(21(38-9)33-6-30-13-8(25)1-2-27-18(13)33)41-43(35,44)37-4-10-15(40-42)12(24)20(39-10)32-7-31-14-17(26)28-5-29-19(14)32/h1-2,5-7,9-12,15-16,20-21H,3-4H2,22H3,(H2,25,27)(H,35,44)(H2,26,28,29)/q-1/t9-,10-,11?,12-,15-,16-,20-,21-,42?,43?/m1/s1. The van der Waals surface area contributed by atoms with E-state index in [4.69, 9.17) is 50.8 Å². The van der Waals surface area contributed by atoms with Crippen LogP contribution in [0.25, 0.3) is 22.3 Å². The average Bonchev–Trinajstić information content (AvgIpc) is 3.73. The summed E-state index contributed by atoms with van der Waals surface area (Å²) in [5.74, 6) is 0.0777. The normalized spacial score (nSPS) is 38.3. The van der Waals surface area contributed by atoms with Gasteiger partial charge in [0.2, 0.25) is 0 Å². The summed E-state index contributed by atoms with van der Waals surface area (Å²) >= 11 is 5.22. The van der Waals surface area contributed by atoms with E-state index >= 15 is 8.78 Å². The molecule has 4 aromatic rings. The van der Waals surface area contributed by atoms with Crippen molar-refractivity contribution in [3.8, 4) is 0 Å². The van der Waals surface area contributed by atoms with Crippen molar-refractivity contribution in [2.75, 3.05) is 24.7 Å². The number of imidazole rings is 2. The van der Waals surface area contributed by atoms with E-state index < -0.39 is 84.2 Å². The Morgan fingerprint density at radius 2 is 1.59 bits per heavy atom. The molecule has 44 heavy (non-hydrogen) atoms. The Kier molecular flexibility index (Phi) is 7.48. The molecule has 2 bridgehead atoms. The lowest BCUT2D eigenvalue weighted by Crippen LogP contribution is -2.34. The molecular formula is C21H25BF2N9O8P2S-. The van der Waals surface area contributed by atoms with Gasteiger partial charge >= 0.3 is 6.72 Å². The molecule has 3 saturated heterocycles. The highest BCUT2D eigenvalue weighted by atomic mass is 32.5. The van der Waals surface area contributed by atoms with Crippen molar-refractivity contribution in [3.63, 3.8) is 0 Å². The Balaban J connectivity index is 1.20. The van der Waals surface area contributed by atoms with E-state index in [1.54, 1.807) is 6.07 Å². The zero-order valence-electron chi connectivity index (χ0n) is 21.6. The number of nitrogens with zero attached hydrogens (tertiary/aromatic N) is 7. The number of halogens is 2.